The number of aryl methyl sites for hydroxylation is 3. The average Bonchev–Trinajstić information content (AvgIpc) is 3.19. The van der Waals surface area contributed by atoms with Gasteiger partial charge in [-0.2, -0.15) is 0 Å². The maximum absolute atomic E-state index is 12.8. The molecule has 1 amide bonds. The Morgan fingerprint density at radius 2 is 2.11 bits per heavy atom. The van der Waals surface area contributed by atoms with Gasteiger partial charge in [0.25, 0.3) is 5.56 Å². The molecule has 0 aliphatic carbocycles. The van der Waals surface area contributed by atoms with Gasteiger partial charge in [0.2, 0.25) is 5.91 Å². The third-order valence-electron chi connectivity index (χ3n) is 5.98. The van der Waals surface area contributed by atoms with E-state index in [1.165, 1.54) is 0 Å². The molecule has 0 spiro atoms. The summed E-state index contributed by atoms with van der Waals surface area (Å²) in [6.45, 7) is 10.0. The smallest absolute Gasteiger partial charge is 0.273 e. The average molecular weight is 388 g/mol. The first-order valence-electron chi connectivity index (χ1n) is 10.3. The van der Waals surface area contributed by atoms with Crippen LogP contribution >= 0.6 is 0 Å². The number of hydrogen-bond acceptors (Lipinski definition) is 4. The summed E-state index contributed by atoms with van der Waals surface area (Å²) in [4.78, 5) is 33.9. The molecule has 3 rings (SSSR count). The van der Waals surface area contributed by atoms with E-state index in [1.54, 1.807) is 11.7 Å². The topological polar surface area (TPSA) is 74.2 Å². The molecule has 7 nitrogen and oxygen atoms in total. The summed E-state index contributed by atoms with van der Waals surface area (Å²) in [5.41, 5.74) is 3.42. The lowest BCUT2D eigenvalue weighted by atomic mass is 10.00. The zero-order chi connectivity index (χ0) is 20.4. The molecule has 1 fully saturated rings. The van der Waals surface area contributed by atoms with Gasteiger partial charge in [-0.15, -0.1) is 0 Å². The number of amides is 1. The zero-order valence-corrected chi connectivity index (χ0v) is 17.8. The summed E-state index contributed by atoms with van der Waals surface area (Å²) < 4.78 is 1.66. The Kier molecular flexibility index (Phi) is 6.23. The van der Waals surface area contributed by atoms with Gasteiger partial charge < -0.3 is 9.80 Å². The molecule has 1 aliphatic heterocycles. The maximum atomic E-state index is 12.8. The number of nitrogens with one attached hydrogen (secondary N) is 1. The summed E-state index contributed by atoms with van der Waals surface area (Å²) >= 11 is 0. The van der Waals surface area contributed by atoms with Crippen LogP contribution in [-0.2, 0) is 18.3 Å². The van der Waals surface area contributed by atoms with Crippen molar-refractivity contribution in [3.63, 3.8) is 0 Å². The molecule has 0 aromatic carbocycles. The molecule has 1 aliphatic rings. The Bertz CT molecular complexity index is 914. The molecule has 2 aromatic heterocycles. The Balaban J connectivity index is 1.64. The number of carbonyl (C=O) groups excluding carboxylic acids is 1. The van der Waals surface area contributed by atoms with Crippen molar-refractivity contribution in [2.24, 2.45) is 13.0 Å². The highest BCUT2D eigenvalue weighted by atomic mass is 16.2. The fourth-order valence-electron chi connectivity index (χ4n) is 4.53. The largest absolute Gasteiger partial charge is 0.342 e. The SMILES string of the molecule is CCCN(C)CC1CCN(C(=O)CCc2c(C)nc3c(c2C)c(=O)[nH]n3C)C1. The molecule has 7 heteroatoms. The van der Waals surface area contributed by atoms with Gasteiger partial charge in [0.15, 0.2) is 5.65 Å². The molecular weight excluding hydrogens is 354 g/mol. The van der Waals surface area contributed by atoms with E-state index in [4.69, 9.17) is 0 Å². The van der Waals surface area contributed by atoms with Crippen LogP contribution in [0.3, 0.4) is 0 Å². The molecule has 28 heavy (non-hydrogen) atoms. The van der Waals surface area contributed by atoms with Crippen LogP contribution in [0.1, 0.15) is 43.0 Å². The Labute approximate surface area is 166 Å². The minimum Gasteiger partial charge on any atom is -0.342 e. The minimum atomic E-state index is -0.117. The van der Waals surface area contributed by atoms with Gasteiger partial charge in [-0.3, -0.25) is 19.4 Å². The van der Waals surface area contributed by atoms with Crippen LogP contribution in [0.2, 0.25) is 0 Å². The van der Waals surface area contributed by atoms with Gasteiger partial charge in [0.1, 0.15) is 0 Å². The van der Waals surface area contributed by atoms with Crippen molar-refractivity contribution < 1.29 is 4.79 Å². The fraction of sp³-hybridized carbons (Fsp3) is 0.667. The molecule has 1 unspecified atom stereocenters. The molecular formula is C21H33N5O2. The lowest BCUT2D eigenvalue weighted by Crippen LogP contribution is -2.32. The summed E-state index contributed by atoms with van der Waals surface area (Å²) in [6.07, 6.45) is 3.35. The second kappa shape index (κ2) is 8.47. The van der Waals surface area contributed by atoms with Crippen molar-refractivity contribution in [1.82, 2.24) is 24.6 Å². The molecule has 1 saturated heterocycles. The van der Waals surface area contributed by atoms with Crippen molar-refractivity contribution in [2.45, 2.75) is 46.5 Å². The minimum absolute atomic E-state index is 0.117. The molecule has 1 N–H and O–H groups in total. The highest BCUT2D eigenvalue weighted by Crippen LogP contribution is 2.23. The van der Waals surface area contributed by atoms with Gasteiger partial charge in [0.05, 0.1) is 5.39 Å². The normalized spacial score (nSPS) is 17.2. The van der Waals surface area contributed by atoms with Crippen molar-refractivity contribution in [2.75, 3.05) is 33.2 Å². The van der Waals surface area contributed by atoms with E-state index in [0.29, 0.717) is 29.8 Å². The summed E-state index contributed by atoms with van der Waals surface area (Å²) in [5, 5.41) is 3.40. The number of pyridine rings is 1. The number of likely N-dealkylation sites (tertiary alicyclic amines) is 1. The van der Waals surface area contributed by atoms with E-state index in [9.17, 15) is 9.59 Å². The second-order valence-electron chi connectivity index (χ2n) is 8.26. The maximum Gasteiger partial charge on any atom is 0.273 e. The van der Waals surface area contributed by atoms with Crippen LogP contribution < -0.4 is 5.56 Å². The monoisotopic (exact) mass is 387 g/mol. The van der Waals surface area contributed by atoms with Crippen LogP contribution in [-0.4, -0.2) is 63.7 Å². The molecule has 0 saturated carbocycles. The quantitative estimate of drug-likeness (QED) is 0.789. The number of nitrogens with zero attached hydrogens (tertiary/aromatic N) is 4. The third kappa shape index (κ3) is 4.14. The van der Waals surface area contributed by atoms with Crippen molar-refractivity contribution in [3.05, 3.63) is 27.2 Å². The van der Waals surface area contributed by atoms with Crippen molar-refractivity contribution >= 4 is 16.9 Å². The van der Waals surface area contributed by atoms with Crippen LogP contribution in [0, 0.1) is 19.8 Å². The first-order chi connectivity index (χ1) is 13.3. The summed E-state index contributed by atoms with van der Waals surface area (Å²) in [7, 11) is 3.95. The van der Waals surface area contributed by atoms with E-state index >= 15 is 0 Å². The molecule has 154 valence electrons. The van der Waals surface area contributed by atoms with Gasteiger partial charge in [-0.1, -0.05) is 6.92 Å². The second-order valence-corrected chi connectivity index (χ2v) is 8.26. The highest BCUT2D eigenvalue weighted by molar-refractivity contribution is 5.81. The Morgan fingerprint density at radius 1 is 1.36 bits per heavy atom. The molecule has 1 atom stereocenters. The van der Waals surface area contributed by atoms with Gasteiger partial charge in [0, 0.05) is 38.8 Å². The van der Waals surface area contributed by atoms with E-state index in [1.807, 2.05) is 18.7 Å². The van der Waals surface area contributed by atoms with Gasteiger partial charge in [-0.05, 0) is 63.7 Å². The van der Waals surface area contributed by atoms with Crippen molar-refractivity contribution in [1.29, 1.82) is 0 Å². The number of fused-ring (bicyclic) bond motifs is 1. The molecule has 3 heterocycles. The number of carbonyl (C=O) groups is 1. The fourth-order valence-corrected chi connectivity index (χ4v) is 4.53. The number of rotatable bonds is 7. The molecule has 2 aromatic rings. The molecule has 0 radical (unpaired) electrons. The van der Waals surface area contributed by atoms with E-state index in [-0.39, 0.29) is 11.5 Å². The van der Waals surface area contributed by atoms with Crippen LogP contribution in [0.4, 0.5) is 0 Å². The van der Waals surface area contributed by atoms with E-state index < -0.39 is 0 Å². The van der Waals surface area contributed by atoms with Crippen LogP contribution in [0.5, 0.6) is 0 Å². The van der Waals surface area contributed by atoms with Gasteiger partial charge >= 0.3 is 0 Å². The van der Waals surface area contributed by atoms with Crippen LogP contribution in [0.25, 0.3) is 11.0 Å². The number of aromatic nitrogens is 3. The van der Waals surface area contributed by atoms with Crippen LogP contribution in [0.15, 0.2) is 4.79 Å². The predicted octanol–water partition coefficient (Wildman–Crippen LogP) is 2.00. The predicted molar refractivity (Wildman–Crippen MR) is 112 cm³/mol. The lowest BCUT2D eigenvalue weighted by Gasteiger charge is -2.21. The van der Waals surface area contributed by atoms with Crippen molar-refractivity contribution in [3.8, 4) is 0 Å². The number of H-pyrrole nitrogens is 1. The lowest BCUT2D eigenvalue weighted by molar-refractivity contribution is -0.130. The third-order valence-corrected chi connectivity index (χ3v) is 5.98. The standard InChI is InChI=1S/C21H33N5O2/c1-6-10-24(4)12-16-9-11-26(13-16)18(27)8-7-17-14(2)19-20(22-15(17)3)25(5)23-21(19)28/h16H,6-13H2,1-5H3,(H,23,28). The molecule has 0 bridgehead atoms. The number of aromatic amines is 1. The summed E-state index contributed by atoms with van der Waals surface area (Å²) in [5.74, 6) is 0.784. The highest BCUT2D eigenvalue weighted by Gasteiger charge is 2.27. The Hall–Kier alpha value is -2.15. The first-order valence-corrected chi connectivity index (χ1v) is 10.3. The number of hydrogen-bond donors (Lipinski definition) is 1. The summed E-state index contributed by atoms with van der Waals surface area (Å²) in [6, 6.07) is 0. The van der Waals surface area contributed by atoms with E-state index in [0.717, 1.165) is 55.8 Å². The van der Waals surface area contributed by atoms with Gasteiger partial charge in [-0.25, -0.2) is 4.98 Å². The Morgan fingerprint density at radius 3 is 2.82 bits per heavy atom. The zero-order valence-electron chi connectivity index (χ0n) is 17.8. The first kappa shape index (κ1) is 20.6. The van der Waals surface area contributed by atoms with E-state index in [2.05, 4.69) is 29.0 Å².